The van der Waals surface area contributed by atoms with Crippen molar-refractivity contribution >= 4 is 59.9 Å². The summed E-state index contributed by atoms with van der Waals surface area (Å²) in [5.41, 5.74) is 20.2. The van der Waals surface area contributed by atoms with E-state index < -0.39 is 0 Å². The third-order valence-electron chi connectivity index (χ3n) is 20.4. The highest BCUT2D eigenvalue weighted by molar-refractivity contribution is 6.28. The number of para-hydroxylation sites is 2. The van der Waals surface area contributed by atoms with E-state index in [1.165, 1.54) is 174 Å². The van der Waals surface area contributed by atoms with Gasteiger partial charge in [0, 0.05) is 43.4 Å². The maximum absolute atomic E-state index is 11.3. The summed E-state index contributed by atoms with van der Waals surface area (Å²) in [6, 6.07) is 38.2. The fourth-order valence-corrected chi connectivity index (χ4v) is 17.7. The average Bonchev–Trinajstić information content (AvgIpc) is 3.85. The molecule has 66 heavy (non-hydrogen) atoms. The molecule has 4 atom stereocenters. The molecule has 8 bridgehead atoms. The van der Waals surface area contributed by atoms with E-state index in [9.17, 15) is 10.5 Å². The molecule has 4 heteroatoms. The van der Waals surface area contributed by atoms with Gasteiger partial charge in [-0.25, -0.2) is 0 Å². The fraction of sp³-hybridized carbons (Fsp3) is 0.387. The number of hydrogen-bond donors (Lipinski definition) is 0. The van der Waals surface area contributed by atoms with Crippen molar-refractivity contribution in [2.45, 2.75) is 126 Å². The molecule has 4 nitrogen and oxygen atoms in total. The van der Waals surface area contributed by atoms with Crippen LogP contribution < -0.4 is 0 Å². The Morgan fingerprint density at radius 2 is 1.02 bits per heavy atom. The molecule has 3 aromatic heterocycles. The first-order valence-corrected chi connectivity index (χ1v) is 25.5. The van der Waals surface area contributed by atoms with Gasteiger partial charge in [-0.2, -0.15) is 10.5 Å². The molecule has 9 aliphatic rings. The van der Waals surface area contributed by atoms with E-state index in [1.807, 2.05) is 0 Å². The van der Waals surface area contributed by atoms with Crippen LogP contribution >= 0.6 is 0 Å². The van der Waals surface area contributed by atoms with Gasteiger partial charge in [-0.3, -0.25) is 0 Å². The molecule has 4 unspecified atom stereocenters. The maximum Gasteiger partial charge on any atom is 0.0995 e. The molecule has 0 N–H and O–H groups in total. The SMILES string of the molecule is CC1(C)c2cc3c4ccccc4n(-c4ccccc4)c3cc2-c2cc3c4c5c(c(C#N)cc4n4c6cc(C#N)c7c(c6c(c2C1(C)C)c34)C1CC2CC(CC7C2)C1)C1CC2CC(C1)CC5C2. The zero-order valence-corrected chi connectivity index (χ0v) is 38.6. The summed E-state index contributed by atoms with van der Waals surface area (Å²) in [6.07, 6.45) is 12.6. The molecule has 4 saturated carbocycles. The topological polar surface area (TPSA) is 56.9 Å². The Hall–Kier alpha value is -6.10. The van der Waals surface area contributed by atoms with Gasteiger partial charge in [0.15, 0.2) is 0 Å². The molecule has 6 aromatic carbocycles. The van der Waals surface area contributed by atoms with E-state index in [-0.39, 0.29) is 10.8 Å². The third-order valence-corrected chi connectivity index (χ3v) is 20.4. The van der Waals surface area contributed by atoms with Gasteiger partial charge in [0.2, 0.25) is 0 Å². The lowest BCUT2D eigenvalue weighted by molar-refractivity contribution is 0.166. The smallest absolute Gasteiger partial charge is 0.0995 e. The molecule has 3 heterocycles. The highest BCUT2D eigenvalue weighted by Crippen LogP contribution is 2.65. The van der Waals surface area contributed by atoms with E-state index in [2.05, 4.69) is 134 Å². The second-order valence-electron chi connectivity index (χ2n) is 23.9. The standard InChI is InChI=1S/C62H54N4/c1-61(2)47-27-44-42-12-8-9-13-48(42)65(41-10-6-5-7-11-41)49(44)28-43(47)45-26-46-56-50(24-39(29-63)52-35-16-31-14-32(17-35)21-37(20-31)54(52)56)66-51-25-40(30-64)53-36-18-33-15-34(19-36)23-38(22-33)55(53)57(51)58(60(46)66)59(45)62(61,3)4/h5-13,24-28,31-38H,14-23H2,1-4H3. The van der Waals surface area contributed by atoms with Crippen molar-refractivity contribution in [3.63, 3.8) is 0 Å². The van der Waals surface area contributed by atoms with Crippen LogP contribution in [-0.2, 0) is 10.8 Å². The van der Waals surface area contributed by atoms with Crippen molar-refractivity contribution in [1.29, 1.82) is 10.5 Å². The Labute approximate surface area is 386 Å². The minimum Gasteiger partial charge on any atom is -0.309 e. The second kappa shape index (κ2) is 12.1. The second-order valence-corrected chi connectivity index (χ2v) is 23.9. The number of aromatic nitrogens is 2. The van der Waals surface area contributed by atoms with Crippen LogP contribution in [0.4, 0.5) is 0 Å². The highest BCUT2D eigenvalue weighted by Gasteiger charge is 2.51. The normalized spacial score (nSPS) is 28.2. The van der Waals surface area contributed by atoms with Gasteiger partial charge in [-0.15, -0.1) is 0 Å². The van der Waals surface area contributed by atoms with Crippen LogP contribution in [0, 0.1) is 46.3 Å². The van der Waals surface area contributed by atoms with Gasteiger partial charge >= 0.3 is 0 Å². The predicted molar refractivity (Wildman–Crippen MR) is 267 cm³/mol. The van der Waals surface area contributed by atoms with Gasteiger partial charge < -0.3 is 8.97 Å². The van der Waals surface area contributed by atoms with Gasteiger partial charge in [0.1, 0.15) is 0 Å². The van der Waals surface area contributed by atoms with Crippen LogP contribution in [0.1, 0.15) is 160 Å². The van der Waals surface area contributed by atoms with Crippen molar-refractivity contribution in [2.24, 2.45) is 23.7 Å². The lowest BCUT2D eigenvalue weighted by atomic mass is 9.54. The lowest BCUT2D eigenvalue weighted by Gasteiger charge is -2.49. The van der Waals surface area contributed by atoms with Crippen molar-refractivity contribution in [3.8, 4) is 29.0 Å². The van der Waals surface area contributed by atoms with E-state index in [0.717, 1.165) is 34.8 Å². The van der Waals surface area contributed by atoms with Crippen LogP contribution in [0.25, 0.3) is 76.7 Å². The summed E-state index contributed by atoms with van der Waals surface area (Å²) < 4.78 is 5.12. The van der Waals surface area contributed by atoms with Crippen molar-refractivity contribution in [1.82, 2.24) is 8.97 Å². The molecule has 0 amide bonds. The summed E-state index contributed by atoms with van der Waals surface area (Å²) in [5, 5.41) is 30.8. The molecule has 4 fully saturated rings. The first-order valence-electron chi connectivity index (χ1n) is 25.5. The largest absolute Gasteiger partial charge is 0.309 e. The summed E-state index contributed by atoms with van der Waals surface area (Å²) in [6.45, 7) is 10.1. The van der Waals surface area contributed by atoms with Crippen LogP contribution in [0.5, 0.6) is 0 Å². The summed E-state index contributed by atoms with van der Waals surface area (Å²) >= 11 is 0. The Bertz CT molecular complexity index is 3770. The highest BCUT2D eigenvalue weighted by atomic mass is 15.0. The molecule has 0 spiro atoms. The van der Waals surface area contributed by atoms with Crippen molar-refractivity contribution in [3.05, 3.63) is 129 Å². The van der Waals surface area contributed by atoms with Gasteiger partial charge in [0.05, 0.1) is 50.8 Å². The van der Waals surface area contributed by atoms with Gasteiger partial charge in [-0.1, -0.05) is 64.1 Å². The first-order chi connectivity index (χ1) is 32.1. The molecule has 0 radical (unpaired) electrons. The Morgan fingerprint density at radius 3 is 1.62 bits per heavy atom. The predicted octanol–water partition coefficient (Wildman–Crippen LogP) is 15.7. The van der Waals surface area contributed by atoms with E-state index in [0.29, 0.717) is 23.7 Å². The zero-order chi connectivity index (χ0) is 43.9. The maximum atomic E-state index is 11.3. The number of hydrogen-bond acceptors (Lipinski definition) is 2. The molecule has 9 aliphatic carbocycles. The van der Waals surface area contributed by atoms with E-state index in [1.54, 1.807) is 0 Å². The first kappa shape index (κ1) is 37.0. The Morgan fingerprint density at radius 1 is 0.470 bits per heavy atom. The summed E-state index contributed by atoms with van der Waals surface area (Å²) in [5.74, 6) is 4.83. The average molecular weight is 855 g/mol. The lowest BCUT2D eigenvalue weighted by Crippen LogP contribution is -2.43. The fourth-order valence-electron chi connectivity index (χ4n) is 17.7. The number of rotatable bonds is 1. The van der Waals surface area contributed by atoms with Crippen molar-refractivity contribution < 1.29 is 0 Å². The van der Waals surface area contributed by atoms with Crippen LogP contribution in [0.2, 0.25) is 0 Å². The number of nitrogens with zero attached hydrogens (tertiary/aromatic N) is 4. The number of nitriles is 2. The van der Waals surface area contributed by atoms with Crippen LogP contribution in [0.3, 0.4) is 0 Å². The molecule has 18 rings (SSSR count). The quantitative estimate of drug-likeness (QED) is 0.165. The summed E-state index contributed by atoms with van der Waals surface area (Å²) in [4.78, 5) is 0. The zero-order valence-electron chi connectivity index (χ0n) is 38.6. The molecule has 9 aromatic rings. The Balaban J connectivity index is 1.14. The molecular weight excluding hydrogens is 801 g/mol. The number of fused-ring (bicyclic) bond motifs is 13. The van der Waals surface area contributed by atoms with Gasteiger partial charge in [0.25, 0.3) is 0 Å². The van der Waals surface area contributed by atoms with Crippen LogP contribution in [-0.4, -0.2) is 8.97 Å². The van der Waals surface area contributed by atoms with E-state index in [4.69, 9.17) is 0 Å². The molecule has 322 valence electrons. The summed E-state index contributed by atoms with van der Waals surface area (Å²) in [7, 11) is 0. The minimum absolute atomic E-state index is 0.229. The van der Waals surface area contributed by atoms with Crippen LogP contribution in [0.15, 0.2) is 84.9 Å². The van der Waals surface area contributed by atoms with Gasteiger partial charge in [-0.05, 0) is 210 Å². The minimum atomic E-state index is -0.261. The third kappa shape index (κ3) is 4.25. The monoisotopic (exact) mass is 854 g/mol. The van der Waals surface area contributed by atoms with Crippen molar-refractivity contribution in [2.75, 3.05) is 0 Å². The molecule has 0 saturated heterocycles. The molecule has 0 aliphatic heterocycles. The molecular formula is C62H54N4. The number of benzene rings is 6. The Kier molecular flexibility index (Phi) is 6.77. The van der Waals surface area contributed by atoms with E-state index >= 15 is 0 Å².